The molecule has 1 aromatic rings. The zero-order valence-electron chi connectivity index (χ0n) is 7.98. The summed E-state index contributed by atoms with van der Waals surface area (Å²) in [5.41, 5.74) is 2.11. The fraction of sp³-hybridized carbons (Fsp3) is 0.667. The first-order valence-corrected chi connectivity index (χ1v) is 4.49. The Balaban J connectivity index is 3.10. The maximum atomic E-state index is 11.5. The molecule has 0 unspecified atom stereocenters. The molecule has 0 saturated carbocycles. The molecular formula is C9H16N2O. The van der Waals surface area contributed by atoms with Gasteiger partial charge in [-0.3, -0.25) is 14.6 Å². The summed E-state index contributed by atoms with van der Waals surface area (Å²) in [5.74, 6) is 0. The van der Waals surface area contributed by atoms with Crippen molar-refractivity contribution in [3.05, 3.63) is 21.6 Å². The average Bonchev–Trinajstić information content (AvgIpc) is 2.32. The van der Waals surface area contributed by atoms with Gasteiger partial charge in [0.15, 0.2) is 0 Å². The SMILES string of the molecule is CCCc1c(C)[nH]n(CC)c1=O. The number of nitrogens with one attached hydrogen (secondary N) is 1. The molecular weight excluding hydrogens is 152 g/mol. The Morgan fingerprint density at radius 1 is 1.42 bits per heavy atom. The number of nitrogens with zero attached hydrogens (tertiary/aromatic N) is 1. The number of hydrogen-bond donors (Lipinski definition) is 1. The Bertz CT molecular complexity index is 309. The van der Waals surface area contributed by atoms with Crippen LogP contribution >= 0.6 is 0 Å². The summed E-state index contributed by atoms with van der Waals surface area (Å²) >= 11 is 0. The van der Waals surface area contributed by atoms with Crippen LogP contribution in [0.5, 0.6) is 0 Å². The zero-order chi connectivity index (χ0) is 9.14. The van der Waals surface area contributed by atoms with E-state index in [1.54, 1.807) is 4.68 Å². The highest BCUT2D eigenvalue weighted by atomic mass is 16.1. The molecule has 12 heavy (non-hydrogen) atoms. The molecule has 1 N–H and O–H groups in total. The predicted octanol–water partition coefficient (Wildman–Crippen LogP) is 1.46. The number of H-pyrrole nitrogens is 1. The van der Waals surface area contributed by atoms with Crippen LogP contribution in [-0.2, 0) is 13.0 Å². The Labute approximate surface area is 72.4 Å². The van der Waals surface area contributed by atoms with E-state index in [0.717, 1.165) is 30.6 Å². The van der Waals surface area contributed by atoms with Gasteiger partial charge in [0.2, 0.25) is 0 Å². The Hall–Kier alpha value is -0.990. The summed E-state index contributed by atoms with van der Waals surface area (Å²) in [6, 6.07) is 0. The molecule has 1 heterocycles. The summed E-state index contributed by atoms with van der Waals surface area (Å²) in [5, 5.41) is 3.05. The standard InChI is InChI=1S/C9H16N2O/c1-4-6-8-7(3)10-11(5-2)9(8)12/h10H,4-6H2,1-3H3. The van der Waals surface area contributed by atoms with Crippen LogP contribution in [0.15, 0.2) is 4.79 Å². The second-order valence-corrected chi connectivity index (χ2v) is 3.01. The minimum Gasteiger partial charge on any atom is -0.300 e. The van der Waals surface area contributed by atoms with Crippen molar-refractivity contribution in [2.45, 2.75) is 40.2 Å². The third kappa shape index (κ3) is 1.44. The first kappa shape index (κ1) is 9.10. The van der Waals surface area contributed by atoms with Gasteiger partial charge in [-0.2, -0.15) is 0 Å². The van der Waals surface area contributed by atoms with Gasteiger partial charge in [0, 0.05) is 17.8 Å². The maximum Gasteiger partial charge on any atom is 0.269 e. The van der Waals surface area contributed by atoms with Crippen molar-refractivity contribution in [2.75, 3.05) is 0 Å². The number of aromatic nitrogens is 2. The molecule has 1 aromatic heterocycles. The molecule has 0 fully saturated rings. The van der Waals surface area contributed by atoms with E-state index in [2.05, 4.69) is 12.0 Å². The van der Waals surface area contributed by atoms with Gasteiger partial charge in [0.05, 0.1) is 0 Å². The van der Waals surface area contributed by atoms with E-state index in [9.17, 15) is 4.79 Å². The molecule has 0 bridgehead atoms. The minimum absolute atomic E-state index is 0.150. The van der Waals surface area contributed by atoms with Crippen molar-refractivity contribution in [3.8, 4) is 0 Å². The molecule has 0 aromatic carbocycles. The lowest BCUT2D eigenvalue weighted by Crippen LogP contribution is -2.17. The maximum absolute atomic E-state index is 11.5. The van der Waals surface area contributed by atoms with E-state index in [-0.39, 0.29) is 5.56 Å². The lowest BCUT2D eigenvalue weighted by molar-refractivity contribution is 0.631. The highest BCUT2D eigenvalue weighted by Crippen LogP contribution is 2.01. The average molecular weight is 168 g/mol. The third-order valence-electron chi connectivity index (χ3n) is 2.07. The lowest BCUT2D eigenvalue weighted by atomic mass is 10.1. The molecule has 0 aliphatic rings. The van der Waals surface area contributed by atoms with Crippen molar-refractivity contribution in [1.29, 1.82) is 0 Å². The van der Waals surface area contributed by atoms with Crippen molar-refractivity contribution >= 4 is 0 Å². The lowest BCUT2D eigenvalue weighted by Gasteiger charge is -1.91. The van der Waals surface area contributed by atoms with Gasteiger partial charge < -0.3 is 0 Å². The highest BCUT2D eigenvalue weighted by molar-refractivity contribution is 5.15. The van der Waals surface area contributed by atoms with Gasteiger partial charge in [-0.05, 0) is 20.3 Å². The highest BCUT2D eigenvalue weighted by Gasteiger charge is 2.07. The number of aryl methyl sites for hydroxylation is 2. The molecule has 0 aliphatic heterocycles. The Morgan fingerprint density at radius 3 is 2.50 bits per heavy atom. The normalized spacial score (nSPS) is 10.6. The fourth-order valence-corrected chi connectivity index (χ4v) is 1.41. The molecule has 3 heteroatoms. The second-order valence-electron chi connectivity index (χ2n) is 3.01. The predicted molar refractivity (Wildman–Crippen MR) is 49.5 cm³/mol. The first-order valence-electron chi connectivity index (χ1n) is 4.49. The molecule has 0 aliphatic carbocycles. The molecule has 0 radical (unpaired) electrons. The van der Waals surface area contributed by atoms with E-state index >= 15 is 0 Å². The van der Waals surface area contributed by atoms with Gasteiger partial charge >= 0.3 is 0 Å². The van der Waals surface area contributed by atoms with Crippen LogP contribution in [0.25, 0.3) is 0 Å². The number of aromatic amines is 1. The van der Waals surface area contributed by atoms with Crippen molar-refractivity contribution in [1.82, 2.24) is 9.78 Å². The third-order valence-corrected chi connectivity index (χ3v) is 2.07. The van der Waals surface area contributed by atoms with Gasteiger partial charge in [0.1, 0.15) is 0 Å². The molecule has 0 spiro atoms. The van der Waals surface area contributed by atoms with Crippen molar-refractivity contribution in [2.24, 2.45) is 0 Å². The Kier molecular flexibility index (Phi) is 2.74. The van der Waals surface area contributed by atoms with E-state index in [1.807, 2.05) is 13.8 Å². The molecule has 3 nitrogen and oxygen atoms in total. The van der Waals surface area contributed by atoms with Crippen LogP contribution in [-0.4, -0.2) is 9.78 Å². The smallest absolute Gasteiger partial charge is 0.269 e. The largest absolute Gasteiger partial charge is 0.300 e. The van der Waals surface area contributed by atoms with Gasteiger partial charge in [-0.25, -0.2) is 0 Å². The fourth-order valence-electron chi connectivity index (χ4n) is 1.41. The zero-order valence-corrected chi connectivity index (χ0v) is 7.98. The van der Waals surface area contributed by atoms with Gasteiger partial charge in [-0.1, -0.05) is 13.3 Å². The van der Waals surface area contributed by atoms with E-state index in [4.69, 9.17) is 0 Å². The van der Waals surface area contributed by atoms with Crippen LogP contribution in [0, 0.1) is 6.92 Å². The summed E-state index contributed by atoms with van der Waals surface area (Å²) < 4.78 is 1.65. The monoisotopic (exact) mass is 168 g/mol. The summed E-state index contributed by atoms with van der Waals surface area (Å²) in [4.78, 5) is 11.5. The topological polar surface area (TPSA) is 37.8 Å². The summed E-state index contributed by atoms with van der Waals surface area (Å²) in [7, 11) is 0. The van der Waals surface area contributed by atoms with Crippen molar-refractivity contribution in [3.63, 3.8) is 0 Å². The summed E-state index contributed by atoms with van der Waals surface area (Å²) in [6.45, 7) is 6.73. The molecule has 0 atom stereocenters. The quantitative estimate of drug-likeness (QED) is 0.729. The van der Waals surface area contributed by atoms with Crippen molar-refractivity contribution < 1.29 is 0 Å². The van der Waals surface area contributed by atoms with Gasteiger partial charge in [0.25, 0.3) is 5.56 Å². The van der Waals surface area contributed by atoms with Crippen LogP contribution < -0.4 is 5.56 Å². The number of rotatable bonds is 3. The van der Waals surface area contributed by atoms with Crippen LogP contribution in [0.3, 0.4) is 0 Å². The van der Waals surface area contributed by atoms with Crippen LogP contribution in [0.4, 0.5) is 0 Å². The number of hydrogen-bond acceptors (Lipinski definition) is 1. The minimum atomic E-state index is 0.150. The van der Waals surface area contributed by atoms with E-state index in [1.165, 1.54) is 0 Å². The van der Waals surface area contributed by atoms with E-state index in [0.29, 0.717) is 0 Å². The van der Waals surface area contributed by atoms with Crippen LogP contribution in [0.2, 0.25) is 0 Å². The molecule has 1 rings (SSSR count). The second kappa shape index (κ2) is 3.61. The van der Waals surface area contributed by atoms with Gasteiger partial charge in [-0.15, -0.1) is 0 Å². The summed E-state index contributed by atoms with van der Waals surface area (Å²) in [6.07, 6.45) is 1.91. The van der Waals surface area contributed by atoms with E-state index < -0.39 is 0 Å². The molecule has 0 amide bonds. The van der Waals surface area contributed by atoms with Crippen LogP contribution in [0.1, 0.15) is 31.5 Å². The molecule has 68 valence electrons. The Morgan fingerprint density at radius 2 is 2.08 bits per heavy atom. The first-order chi connectivity index (χ1) is 5.70. The molecule has 0 saturated heterocycles.